The van der Waals surface area contributed by atoms with E-state index in [2.05, 4.69) is 10.6 Å². The third-order valence-electron chi connectivity index (χ3n) is 4.05. The Hall–Kier alpha value is -2.89. The Bertz CT molecular complexity index is 772. The van der Waals surface area contributed by atoms with Crippen molar-refractivity contribution in [2.75, 3.05) is 19.7 Å². The Kier molecular flexibility index (Phi) is 7.79. The largest absolute Gasteiger partial charge is 0.493 e. The van der Waals surface area contributed by atoms with Crippen molar-refractivity contribution in [3.63, 3.8) is 0 Å². The second-order valence-corrected chi connectivity index (χ2v) is 6.26. The summed E-state index contributed by atoms with van der Waals surface area (Å²) in [5.74, 6) is -0.304. The fourth-order valence-corrected chi connectivity index (χ4v) is 2.64. The summed E-state index contributed by atoms with van der Waals surface area (Å²) >= 11 is 0. The maximum Gasteiger partial charge on any atom is 0.254 e. The van der Waals surface area contributed by atoms with Gasteiger partial charge in [0.1, 0.15) is 11.6 Å². The van der Waals surface area contributed by atoms with Gasteiger partial charge in [0.2, 0.25) is 5.91 Å². The van der Waals surface area contributed by atoms with Gasteiger partial charge in [-0.05, 0) is 43.5 Å². The van der Waals surface area contributed by atoms with E-state index in [0.717, 1.165) is 16.9 Å². The fraction of sp³-hybridized carbons (Fsp3) is 0.333. The van der Waals surface area contributed by atoms with E-state index in [1.54, 1.807) is 6.07 Å². The van der Waals surface area contributed by atoms with Gasteiger partial charge in [-0.3, -0.25) is 9.59 Å². The van der Waals surface area contributed by atoms with Crippen LogP contribution in [-0.4, -0.2) is 31.5 Å². The first-order valence-corrected chi connectivity index (χ1v) is 8.97. The SMILES string of the molecule is Cc1cccc(C)c1OCCCC(=O)NCCNC(=O)c1ccccc1F. The molecule has 2 amide bonds. The van der Waals surface area contributed by atoms with E-state index in [9.17, 15) is 14.0 Å². The van der Waals surface area contributed by atoms with Crippen molar-refractivity contribution in [3.05, 3.63) is 65.0 Å². The molecule has 0 spiro atoms. The van der Waals surface area contributed by atoms with Gasteiger partial charge in [0, 0.05) is 19.5 Å². The predicted octanol–water partition coefficient (Wildman–Crippen LogP) is 3.15. The molecule has 2 rings (SSSR count). The first-order chi connectivity index (χ1) is 13.0. The number of hydrogen-bond acceptors (Lipinski definition) is 3. The standard InChI is InChI=1S/C21H25FN2O3/c1-15-7-5-8-16(2)20(15)27-14-6-11-19(25)23-12-13-24-21(26)17-9-3-4-10-18(17)22/h3-5,7-10H,6,11-14H2,1-2H3,(H,23,25)(H,24,26). The molecule has 0 aliphatic heterocycles. The van der Waals surface area contributed by atoms with Gasteiger partial charge in [0.05, 0.1) is 12.2 Å². The zero-order chi connectivity index (χ0) is 19.6. The van der Waals surface area contributed by atoms with Crippen LogP contribution in [0.3, 0.4) is 0 Å². The van der Waals surface area contributed by atoms with E-state index < -0.39 is 11.7 Å². The summed E-state index contributed by atoms with van der Waals surface area (Å²) < 4.78 is 19.2. The molecule has 0 aromatic heterocycles. The number of halogens is 1. The number of ether oxygens (including phenoxy) is 1. The predicted molar refractivity (Wildman–Crippen MR) is 102 cm³/mol. The molecule has 0 unspecified atom stereocenters. The van der Waals surface area contributed by atoms with Crippen LogP contribution in [-0.2, 0) is 4.79 Å². The molecule has 5 nitrogen and oxygen atoms in total. The van der Waals surface area contributed by atoms with Gasteiger partial charge in [0.25, 0.3) is 5.91 Å². The van der Waals surface area contributed by atoms with E-state index in [0.29, 0.717) is 19.4 Å². The van der Waals surface area contributed by atoms with Crippen LogP contribution in [0.25, 0.3) is 0 Å². The molecule has 144 valence electrons. The minimum Gasteiger partial charge on any atom is -0.493 e. The molecule has 2 N–H and O–H groups in total. The molecule has 2 aromatic carbocycles. The molecular formula is C21H25FN2O3. The number of aryl methyl sites for hydroxylation is 2. The van der Waals surface area contributed by atoms with Crippen LogP contribution in [0, 0.1) is 19.7 Å². The Morgan fingerprint density at radius 3 is 2.33 bits per heavy atom. The highest BCUT2D eigenvalue weighted by Crippen LogP contribution is 2.22. The summed E-state index contributed by atoms with van der Waals surface area (Å²) in [6.45, 7) is 4.97. The Labute approximate surface area is 158 Å². The van der Waals surface area contributed by atoms with E-state index >= 15 is 0 Å². The number of hydrogen-bond donors (Lipinski definition) is 2. The van der Waals surface area contributed by atoms with Crippen molar-refractivity contribution in [3.8, 4) is 5.75 Å². The number of para-hydroxylation sites is 1. The van der Waals surface area contributed by atoms with Crippen molar-refractivity contribution in [2.45, 2.75) is 26.7 Å². The normalized spacial score (nSPS) is 10.3. The van der Waals surface area contributed by atoms with Crippen LogP contribution >= 0.6 is 0 Å². The van der Waals surface area contributed by atoms with Gasteiger partial charge < -0.3 is 15.4 Å². The number of benzene rings is 2. The number of carbonyl (C=O) groups excluding carboxylic acids is 2. The van der Waals surface area contributed by atoms with E-state index in [4.69, 9.17) is 4.74 Å². The van der Waals surface area contributed by atoms with Crippen molar-refractivity contribution in [1.29, 1.82) is 0 Å². The summed E-state index contributed by atoms with van der Waals surface area (Å²) in [6.07, 6.45) is 0.938. The summed E-state index contributed by atoms with van der Waals surface area (Å²) in [7, 11) is 0. The van der Waals surface area contributed by atoms with Crippen LogP contribution in [0.1, 0.15) is 34.3 Å². The average molecular weight is 372 g/mol. The number of carbonyl (C=O) groups is 2. The zero-order valence-electron chi connectivity index (χ0n) is 15.7. The number of amides is 2. The van der Waals surface area contributed by atoms with Crippen molar-refractivity contribution >= 4 is 11.8 Å². The maximum absolute atomic E-state index is 13.5. The Morgan fingerprint density at radius 2 is 1.63 bits per heavy atom. The molecule has 0 radical (unpaired) electrons. The van der Waals surface area contributed by atoms with Crippen LogP contribution in [0.15, 0.2) is 42.5 Å². The quantitative estimate of drug-likeness (QED) is 0.665. The second kappa shape index (κ2) is 10.3. The Balaban J connectivity index is 1.60. The lowest BCUT2D eigenvalue weighted by atomic mass is 10.1. The summed E-state index contributed by atoms with van der Waals surface area (Å²) in [5.41, 5.74) is 2.14. The van der Waals surface area contributed by atoms with Gasteiger partial charge in [-0.25, -0.2) is 4.39 Å². The lowest BCUT2D eigenvalue weighted by Crippen LogP contribution is -2.35. The topological polar surface area (TPSA) is 67.4 Å². The van der Waals surface area contributed by atoms with Crippen LogP contribution < -0.4 is 15.4 Å². The van der Waals surface area contributed by atoms with E-state index in [1.165, 1.54) is 18.2 Å². The van der Waals surface area contributed by atoms with E-state index in [-0.39, 0.29) is 24.6 Å². The number of nitrogens with one attached hydrogen (secondary N) is 2. The minimum absolute atomic E-state index is 0.00697. The van der Waals surface area contributed by atoms with Crippen LogP contribution in [0.2, 0.25) is 0 Å². The molecule has 0 saturated heterocycles. The lowest BCUT2D eigenvalue weighted by molar-refractivity contribution is -0.121. The van der Waals surface area contributed by atoms with Crippen LogP contribution in [0.4, 0.5) is 4.39 Å². The van der Waals surface area contributed by atoms with Crippen molar-refractivity contribution in [1.82, 2.24) is 10.6 Å². The van der Waals surface area contributed by atoms with Gasteiger partial charge in [-0.2, -0.15) is 0 Å². The molecule has 27 heavy (non-hydrogen) atoms. The second-order valence-electron chi connectivity index (χ2n) is 6.26. The van der Waals surface area contributed by atoms with Crippen molar-refractivity contribution in [2.24, 2.45) is 0 Å². The first-order valence-electron chi connectivity index (χ1n) is 8.97. The molecule has 6 heteroatoms. The molecule has 0 aliphatic rings. The highest BCUT2D eigenvalue weighted by atomic mass is 19.1. The van der Waals surface area contributed by atoms with Gasteiger partial charge in [0.15, 0.2) is 0 Å². The zero-order valence-corrected chi connectivity index (χ0v) is 15.7. The molecule has 0 atom stereocenters. The third kappa shape index (κ3) is 6.40. The third-order valence-corrected chi connectivity index (χ3v) is 4.05. The highest BCUT2D eigenvalue weighted by Gasteiger charge is 2.10. The first kappa shape index (κ1) is 20.4. The van der Waals surface area contributed by atoms with Crippen LogP contribution in [0.5, 0.6) is 5.75 Å². The number of rotatable bonds is 9. The molecule has 0 fully saturated rings. The molecule has 0 saturated carbocycles. The fourth-order valence-electron chi connectivity index (χ4n) is 2.64. The van der Waals surface area contributed by atoms with Gasteiger partial charge in [-0.1, -0.05) is 30.3 Å². The molecule has 0 heterocycles. The maximum atomic E-state index is 13.5. The molecule has 2 aromatic rings. The lowest BCUT2D eigenvalue weighted by Gasteiger charge is -2.12. The Morgan fingerprint density at radius 1 is 0.963 bits per heavy atom. The summed E-state index contributed by atoms with van der Waals surface area (Å²) in [6, 6.07) is 11.7. The monoisotopic (exact) mass is 372 g/mol. The minimum atomic E-state index is -0.567. The van der Waals surface area contributed by atoms with Gasteiger partial charge in [-0.15, -0.1) is 0 Å². The molecule has 0 aliphatic carbocycles. The smallest absolute Gasteiger partial charge is 0.254 e. The van der Waals surface area contributed by atoms with Crippen molar-refractivity contribution < 1.29 is 18.7 Å². The average Bonchev–Trinajstić information content (AvgIpc) is 2.64. The molecular weight excluding hydrogens is 347 g/mol. The highest BCUT2D eigenvalue weighted by molar-refractivity contribution is 5.94. The summed E-state index contributed by atoms with van der Waals surface area (Å²) in [4.78, 5) is 23.6. The van der Waals surface area contributed by atoms with E-state index in [1.807, 2.05) is 32.0 Å². The molecule has 0 bridgehead atoms. The summed E-state index contributed by atoms with van der Waals surface area (Å²) in [5, 5.41) is 5.30. The van der Waals surface area contributed by atoms with Gasteiger partial charge >= 0.3 is 0 Å².